The minimum absolute atomic E-state index is 0.283. The summed E-state index contributed by atoms with van der Waals surface area (Å²) in [6, 6.07) is 0. The Morgan fingerprint density at radius 1 is 0.933 bits per heavy atom. The molecule has 30 heavy (non-hydrogen) atoms. The molecule has 0 atom stereocenters. The van der Waals surface area contributed by atoms with Gasteiger partial charge in [0, 0.05) is 0 Å². The maximum atomic E-state index is 13.0. The van der Waals surface area contributed by atoms with Crippen LogP contribution in [0.15, 0.2) is 0 Å². The van der Waals surface area contributed by atoms with E-state index in [9.17, 15) is 44.3 Å². The molecule has 0 radical (unpaired) electrons. The average molecular weight is 476 g/mol. The van der Waals surface area contributed by atoms with Crippen LogP contribution in [0.4, 0.5) is 26.3 Å². The molecule has 0 aliphatic carbocycles. The Morgan fingerprint density at radius 3 is 1.83 bits per heavy atom. The number of hydrogen-bond donors (Lipinski definition) is 1. The van der Waals surface area contributed by atoms with Crippen LogP contribution in [0.3, 0.4) is 0 Å². The quantitative estimate of drug-likeness (QED) is 0.209. The van der Waals surface area contributed by atoms with Crippen LogP contribution in [-0.2, 0) is 33.9 Å². The highest BCUT2D eigenvalue weighted by molar-refractivity contribution is 7.85. The van der Waals surface area contributed by atoms with Gasteiger partial charge in [-0.25, -0.2) is 0 Å². The van der Waals surface area contributed by atoms with Gasteiger partial charge in [0.25, 0.3) is 10.1 Å². The second-order valence-electron chi connectivity index (χ2n) is 6.76. The SMILES string of the molecule is CCC(C)(C)C(=O)OCCOCCC(=O)OC(CS(=O)(=O)O)(C(F)(F)F)C(F)(F)F. The van der Waals surface area contributed by atoms with E-state index in [1.165, 1.54) is 0 Å². The molecular formula is C15H22F6O8S. The highest BCUT2D eigenvalue weighted by atomic mass is 32.2. The van der Waals surface area contributed by atoms with Gasteiger partial charge in [0.1, 0.15) is 12.4 Å². The minimum Gasteiger partial charge on any atom is -0.463 e. The summed E-state index contributed by atoms with van der Waals surface area (Å²) in [4.78, 5) is 23.1. The Balaban J connectivity index is 4.89. The minimum atomic E-state index is -6.39. The third-order valence-corrected chi connectivity index (χ3v) is 4.71. The Labute approximate surface area is 168 Å². The maximum Gasteiger partial charge on any atom is 0.438 e. The fraction of sp³-hybridized carbons (Fsp3) is 0.867. The molecule has 0 bridgehead atoms. The maximum absolute atomic E-state index is 13.0. The molecule has 0 aliphatic rings. The highest BCUT2D eigenvalue weighted by Crippen LogP contribution is 2.46. The number of rotatable bonds is 11. The van der Waals surface area contributed by atoms with Gasteiger partial charge in [0.2, 0.25) is 0 Å². The molecule has 0 fully saturated rings. The van der Waals surface area contributed by atoms with E-state index in [0.29, 0.717) is 6.42 Å². The lowest BCUT2D eigenvalue weighted by atomic mass is 9.91. The molecule has 0 aromatic heterocycles. The van der Waals surface area contributed by atoms with Crippen LogP contribution in [0.25, 0.3) is 0 Å². The van der Waals surface area contributed by atoms with Gasteiger partial charge in [-0.1, -0.05) is 6.92 Å². The largest absolute Gasteiger partial charge is 0.463 e. The summed E-state index contributed by atoms with van der Waals surface area (Å²) in [5.74, 6) is -5.58. The van der Waals surface area contributed by atoms with Crippen molar-refractivity contribution in [3.8, 4) is 0 Å². The molecule has 0 heterocycles. The van der Waals surface area contributed by atoms with Crippen LogP contribution < -0.4 is 0 Å². The van der Waals surface area contributed by atoms with E-state index in [4.69, 9.17) is 14.0 Å². The van der Waals surface area contributed by atoms with Crippen molar-refractivity contribution in [2.75, 3.05) is 25.6 Å². The summed E-state index contributed by atoms with van der Waals surface area (Å²) < 4.78 is 121. The van der Waals surface area contributed by atoms with E-state index in [1.54, 1.807) is 20.8 Å². The number of hydrogen-bond acceptors (Lipinski definition) is 7. The third kappa shape index (κ3) is 8.26. The van der Waals surface area contributed by atoms with Gasteiger partial charge >= 0.3 is 29.9 Å². The molecule has 1 N–H and O–H groups in total. The van der Waals surface area contributed by atoms with E-state index in [2.05, 4.69) is 4.74 Å². The Morgan fingerprint density at radius 2 is 1.43 bits per heavy atom. The lowest BCUT2D eigenvalue weighted by Gasteiger charge is -2.35. The number of carbonyl (C=O) groups is 2. The second kappa shape index (κ2) is 10.1. The third-order valence-electron chi connectivity index (χ3n) is 3.94. The van der Waals surface area contributed by atoms with Crippen LogP contribution in [0.1, 0.15) is 33.6 Å². The molecule has 0 aromatic rings. The summed E-state index contributed by atoms with van der Waals surface area (Å²) in [5, 5.41) is 0. The number of esters is 2. The van der Waals surface area contributed by atoms with Crippen LogP contribution in [-0.4, -0.2) is 68.4 Å². The normalized spacial score (nSPS) is 13.8. The van der Waals surface area contributed by atoms with E-state index >= 15 is 0 Å². The molecule has 8 nitrogen and oxygen atoms in total. The fourth-order valence-corrected chi connectivity index (χ4v) is 2.66. The molecule has 178 valence electrons. The Bertz CT molecular complexity index is 685. The molecule has 0 rings (SSSR count). The van der Waals surface area contributed by atoms with Crippen LogP contribution in [0.2, 0.25) is 0 Å². The van der Waals surface area contributed by atoms with Gasteiger partial charge in [-0.3, -0.25) is 14.1 Å². The molecule has 0 spiro atoms. The summed E-state index contributed by atoms with van der Waals surface area (Å²) in [7, 11) is -5.85. The number of ether oxygens (including phenoxy) is 3. The standard InChI is InChI=1S/C15H22F6O8S/c1-4-12(2,3)11(23)28-8-7-27-6-5-10(22)29-13(14(16,17)18,15(19,20)21)9-30(24,25)26/h4-9H2,1-3H3,(H,24,25,26). The van der Waals surface area contributed by atoms with Crippen molar-refractivity contribution >= 4 is 22.1 Å². The summed E-state index contributed by atoms with van der Waals surface area (Å²) in [6.45, 7) is 3.68. The van der Waals surface area contributed by atoms with Gasteiger partial charge in [-0.15, -0.1) is 0 Å². The van der Waals surface area contributed by atoms with E-state index < -0.39 is 64.2 Å². The molecule has 0 aliphatic heterocycles. The summed E-state index contributed by atoms with van der Waals surface area (Å²) in [6.07, 6.45) is -13.4. The predicted molar refractivity (Wildman–Crippen MR) is 87.8 cm³/mol. The predicted octanol–water partition coefficient (Wildman–Crippen LogP) is 2.67. The monoisotopic (exact) mass is 476 g/mol. The summed E-state index contributed by atoms with van der Waals surface area (Å²) >= 11 is 0. The molecule has 0 saturated heterocycles. The Hall–Kier alpha value is -1.61. The number of halogens is 6. The molecule has 0 saturated carbocycles. The van der Waals surface area contributed by atoms with Crippen molar-refractivity contribution < 1.29 is 63.1 Å². The summed E-state index contributed by atoms with van der Waals surface area (Å²) in [5.41, 5.74) is -6.22. The zero-order chi connectivity index (χ0) is 24.0. The average Bonchev–Trinajstić information content (AvgIpc) is 2.53. The van der Waals surface area contributed by atoms with Crippen molar-refractivity contribution in [2.24, 2.45) is 5.41 Å². The smallest absolute Gasteiger partial charge is 0.438 e. The van der Waals surface area contributed by atoms with Gasteiger partial charge in [-0.05, 0) is 20.3 Å². The van der Waals surface area contributed by atoms with Gasteiger partial charge in [0.05, 0.1) is 25.0 Å². The topological polar surface area (TPSA) is 116 Å². The first kappa shape index (κ1) is 28.4. The lowest BCUT2D eigenvalue weighted by Crippen LogP contribution is -2.63. The van der Waals surface area contributed by atoms with Gasteiger partial charge in [-0.2, -0.15) is 34.8 Å². The van der Waals surface area contributed by atoms with Crippen LogP contribution in [0, 0.1) is 5.41 Å². The molecule has 0 aromatic carbocycles. The van der Waals surface area contributed by atoms with Crippen LogP contribution in [0.5, 0.6) is 0 Å². The number of alkyl halides is 6. The molecular weight excluding hydrogens is 454 g/mol. The zero-order valence-electron chi connectivity index (χ0n) is 16.2. The Kier molecular flexibility index (Phi) is 9.59. The van der Waals surface area contributed by atoms with E-state index in [-0.39, 0.29) is 13.2 Å². The highest BCUT2D eigenvalue weighted by Gasteiger charge is 2.75. The van der Waals surface area contributed by atoms with Gasteiger partial charge < -0.3 is 14.2 Å². The van der Waals surface area contributed by atoms with Gasteiger partial charge in [0.15, 0.2) is 0 Å². The van der Waals surface area contributed by atoms with Crippen molar-refractivity contribution in [1.82, 2.24) is 0 Å². The van der Waals surface area contributed by atoms with Crippen molar-refractivity contribution in [1.29, 1.82) is 0 Å². The molecule has 15 heteroatoms. The van der Waals surface area contributed by atoms with E-state index in [0.717, 1.165) is 0 Å². The fourth-order valence-electron chi connectivity index (χ4n) is 1.76. The van der Waals surface area contributed by atoms with Crippen molar-refractivity contribution in [3.05, 3.63) is 0 Å². The van der Waals surface area contributed by atoms with Crippen LogP contribution >= 0.6 is 0 Å². The van der Waals surface area contributed by atoms with Crippen molar-refractivity contribution in [2.45, 2.75) is 51.6 Å². The first-order valence-corrected chi connectivity index (χ1v) is 9.95. The lowest BCUT2D eigenvalue weighted by molar-refractivity contribution is -0.361. The first-order chi connectivity index (χ1) is 13.3. The number of carbonyl (C=O) groups excluding carboxylic acids is 2. The first-order valence-electron chi connectivity index (χ1n) is 8.34. The zero-order valence-corrected chi connectivity index (χ0v) is 17.0. The van der Waals surface area contributed by atoms with Crippen molar-refractivity contribution in [3.63, 3.8) is 0 Å². The molecule has 0 unspecified atom stereocenters. The molecule has 0 amide bonds. The van der Waals surface area contributed by atoms with E-state index in [1.807, 2.05) is 0 Å². The second-order valence-corrected chi connectivity index (χ2v) is 8.21.